The summed E-state index contributed by atoms with van der Waals surface area (Å²) in [4.78, 5) is 7.18. The van der Waals surface area contributed by atoms with Gasteiger partial charge in [0.2, 0.25) is 5.89 Å². The lowest BCUT2D eigenvalue weighted by molar-refractivity contribution is 0.0135. The van der Waals surface area contributed by atoms with Crippen LogP contribution in [0.3, 0.4) is 0 Å². The molecule has 21 heavy (non-hydrogen) atoms. The van der Waals surface area contributed by atoms with Gasteiger partial charge in [-0.2, -0.15) is 4.98 Å². The molecule has 1 aliphatic carbocycles. The van der Waals surface area contributed by atoms with Crippen LogP contribution in [0.25, 0.3) is 0 Å². The summed E-state index contributed by atoms with van der Waals surface area (Å²) in [6.45, 7) is 6.28. The summed E-state index contributed by atoms with van der Waals surface area (Å²) in [6, 6.07) is 0. The van der Waals surface area contributed by atoms with Crippen molar-refractivity contribution < 1.29 is 4.52 Å². The molecule has 5 nitrogen and oxygen atoms in total. The Morgan fingerprint density at radius 2 is 2.14 bits per heavy atom. The summed E-state index contributed by atoms with van der Waals surface area (Å²) in [5.74, 6) is 1.67. The van der Waals surface area contributed by atoms with E-state index in [4.69, 9.17) is 4.52 Å². The maximum atomic E-state index is 5.48. The summed E-state index contributed by atoms with van der Waals surface area (Å²) >= 11 is 0. The van der Waals surface area contributed by atoms with E-state index in [1.165, 1.54) is 38.5 Å². The molecule has 0 aromatic carbocycles. The van der Waals surface area contributed by atoms with Gasteiger partial charge < -0.3 is 9.84 Å². The lowest BCUT2D eigenvalue weighted by Gasteiger charge is -2.49. The quantitative estimate of drug-likeness (QED) is 0.903. The molecule has 118 valence electrons. The smallest absolute Gasteiger partial charge is 0.240 e. The van der Waals surface area contributed by atoms with Gasteiger partial charge >= 0.3 is 0 Å². The summed E-state index contributed by atoms with van der Waals surface area (Å²) in [5, 5.41) is 7.71. The van der Waals surface area contributed by atoms with E-state index in [0.29, 0.717) is 5.54 Å². The summed E-state index contributed by atoms with van der Waals surface area (Å²) in [6.07, 6.45) is 9.94. The van der Waals surface area contributed by atoms with E-state index in [2.05, 4.69) is 27.3 Å². The molecule has 0 atom stereocenters. The second-order valence-corrected chi connectivity index (χ2v) is 6.59. The highest BCUT2D eigenvalue weighted by Gasteiger charge is 2.40. The number of aryl methyl sites for hydroxylation is 1. The van der Waals surface area contributed by atoms with Crippen LogP contribution in [0.5, 0.6) is 0 Å². The van der Waals surface area contributed by atoms with Crippen molar-refractivity contribution in [1.82, 2.24) is 20.4 Å². The molecule has 0 radical (unpaired) electrons. The van der Waals surface area contributed by atoms with Crippen LogP contribution >= 0.6 is 0 Å². The molecule has 2 fully saturated rings. The number of hydrogen-bond donors (Lipinski definition) is 1. The Hall–Kier alpha value is -0.940. The predicted molar refractivity (Wildman–Crippen MR) is 82.0 cm³/mol. The Kier molecular flexibility index (Phi) is 4.91. The molecule has 3 rings (SSSR count). The average Bonchev–Trinajstić information content (AvgIpc) is 2.96. The van der Waals surface area contributed by atoms with Gasteiger partial charge in [0, 0.05) is 31.6 Å². The Bertz CT molecular complexity index is 431. The van der Waals surface area contributed by atoms with Gasteiger partial charge in [-0.05, 0) is 19.3 Å². The molecule has 0 amide bonds. The van der Waals surface area contributed by atoms with Crippen molar-refractivity contribution in [2.45, 2.75) is 70.4 Å². The van der Waals surface area contributed by atoms with Crippen molar-refractivity contribution in [3.63, 3.8) is 0 Å². The van der Waals surface area contributed by atoms with Crippen LogP contribution < -0.4 is 5.32 Å². The van der Waals surface area contributed by atoms with Crippen LogP contribution in [-0.2, 0) is 13.0 Å². The van der Waals surface area contributed by atoms with E-state index in [-0.39, 0.29) is 0 Å². The van der Waals surface area contributed by atoms with Crippen molar-refractivity contribution in [1.29, 1.82) is 0 Å². The molecule has 5 heteroatoms. The standard InChI is InChI=1S/C16H28N4O/c1-2-3-7-14-18-15(21-19-14)12-20-11-10-17-13-16(20)8-5-4-6-9-16/h17H,2-13H2,1H3. The average molecular weight is 292 g/mol. The first-order chi connectivity index (χ1) is 10.3. The minimum atomic E-state index is 0.328. The maximum Gasteiger partial charge on any atom is 0.240 e. The molecular weight excluding hydrogens is 264 g/mol. The van der Waals surface area contributed by atoms with Gasteiger partial charge in [-0.1, -0.05) is 37.8 Å². The third-order valence-corrected chi connectivity index (χ3v) is 5.06. The predicted octanol–water partition coefficient (Wildman–Crippen LogP) is 2.52. The molecule has 1 spiro atoms. The van der Waals surface area contributed by atoms with Gasteiger partial charge in [0.05, 0.1) is 6.54 Å². The lowest BCUT2D eigenvalue weighted by atomic mass is 9.79. The van der Waals surface area contributed by atoms with Gasteiger partial charge in [0.25, 0.3) is 0 Å². The van der Waals surface area contributed by atoms with Crippen LogP contribution in [-0.4, -0.2) is 40.2 Å². The number of piperazine rings is 1. The van der Waals surface area contributed by atoms with Gasteiger partial charge in [-0.15, -0.1) is 0 Å². The third-order valence-electron chi connectivity index (χ3n) is 5.06. The number of nitrogens with zero attached hydrogens (tertiary/aromatic N) is 3. The molecule has 1 saturated carbocycles. The van der Waals surface area contributed by atoms with Gasteiger partial charge in [-0.25, -0.2) is 0 Å². The molecule has 1 saturated heterocycles. The van der Waals surface area contributed by atoms with Crippen molar-refractivity contribution in [3.05, 3.63) is 11.7 Å². The second kappa shape index (κ2) is 6.88. The Labute approximate surface area is 127 Å². The topological polar surface area (TPSA) is 54.2 Å². The minimum Gasteiger partial charge on any atom is -0.338 e. The zero-order chi connectivity index (χ0) is 14.5. The monoisotopic (exact) mass is 292 g/mol. The van der Waals surface area contributed by atoms with Crippen molar-refractivity contribution in [2.24, 2.45) is 0 Å². The summed E-state index contributed by atoms with van der Waals surface area (Å²) in [5.41, 5.74) is 0.328. The number of aromatic nitrogens is 2. The number of rotatable bonds is 5. The van der Waals surface area contributed by atoms with Crippen LogP contribution in [0.4, 0.5) is 0 Å². The molecule has 1 aromatic heterocycles. The zero-order valence-electron chi connectivity index (χ0n) is 13.2. The number of unbranched alkanes of at least 4 members (excludes halogenated alkanes) is 1. The Morgan fingerprint density at radius 1 is 1.29 bits per heavy atom. The van der Waals surface area contributed by atoms with E-state index < -0.39 is 0 Å². The van der Waals surface area contributed by atoms with E-state index in [1.54, 1.807) is 0 Å². The fraction of sp³-hybridized carbons (Fsp3) is 0.875. The summed E-state index contributed by atoms with van der Waals surface area (Å²) in [7, 11) is 0. The molecule has 2 aliphatic rings. The van der Waals surface area contributed by atoms with Gasteiger partial charge in [0.1, 0.15) is 0 Å². The van der Waals surface area contributed by atoms with Crippen molar-refractivity contribution in [2.75, 3.05) is 19.6 Å². The van der Waals surface area contributed by atoms with Crippen molar-refractivity contribution in [3.8, 4) is 0 Å². The lowest BCUT2D eigenvalue weighted by Crippen LogP contribution is -2.61. The van der Waals surface area contributed by atoms with Crippen LogP contribution in [0.15, 0.2) is 4.52 Å². The molecule has 0 unspecified atom stereocenters. The first kappa shape index (κ1) is 15.0. The maximum absolute atomic E-state index is 5.48. The molecule has 2 heterocycles. The Morgan fingerprint density at radius 3 is 2.95 bits per heavy atom. The van der Waals surface area contributed by atoms with E-state index in [9.17, 15) is 0 Å². The SMILES string of the molecule is CCCCc1noc(CN2CCNCC23CCCCC3)n1. The highest BCUT2D eigenvalue weighted by Crippen LogP contribution is 2.35. The van der Waals surface area contributed by atoms with Crippen LogP contribution in [0.2, 0.25) is 0 Å². The first-order valence-electron chi connectivity index (χ1n) is 8.60. The van der Waals surface area contributed by atoms with E-state index in [1.807, 2.05) is 0 Å². The zero-order valence-corrected chi connectivity index (χ0v) is 13.2. The molecular formula is C16H28N4O. The minimum absolute atomic E-state index is 0.328. The molecule has 0 bridgehead atoms. The van der Waals surface area contributed by atoms with Crippen LogP contribution in [0.1, 0.15) is 63.6 Å². The van der Waals surface area contributed by atoms with E-state index >= 15 is 0 Å². The van der Waals surface area contributed by atoms with Gasteiger partial charge in [0.15, 0.2) is 5.82 Å². The first-order valence-corrected chi connectivity index (χ1v) is 8.60. The highest BCUT2D eigenvalue weighted by atomic mass is 16.5. The van der Waals surface area contributed by atoms with E-state index in [0.717, 1.165) is 50.7 Å². The highest BCUT2D eigenvalue weighted by molar-refractivity contribution is 4.99. The fourth-order valence-electron chi connectivity index (χ4n) is 3.79. The Balaban J connectivity index is 1.65. The van der Waals surface area contributed by atoms with Crippen molar-refractivity contribution >= 4 is 0 Å². The molecule has 1 aliphatic heterocycles. The third kappa shape index (κ3) is 3.46. The van der Waals surface area contributed by atoms with Gasteiger partial charge in [-0.3, -0.25) is 4.90 Å². The molecule has 1 aromatic rings. The largest absolute Gasteiger partial charge is 0.338 e. The number of nitrogens with one attached hydrogen (secondary N) is 1. The second-order valence-electron chi connectivity index (χ2n) is 6.59. The summed E-state index contributed by atoms with van der Waals surface area (Å²) < 4.78 is 5.48. The normalized spacial score (nSPS) is 22.7. The number of hydrogen-bond acceptors (Lipinski definition) is 5. The molecule has 1 N–H and O–H groups in total. The fourth-order valence-corrected chi connectivity index (χ4v) is 3.79. The van der Waals surface area contributed by atoms with Crippen LogP contribution in [0, 0.1) is 0 Å².